The van der Waals surface area contributed by atoms with Crippen LogP contribution in [0.5, 0.6) is 17.2 Å². The van der Waals surface area contributed by atoms with Crippen LogP contribution >= 0.6 is 11.3 Å². The summed E-state index contributed by atoms with van der Waals surface area (Å²) in [4.78, 5) is 18.6. The van der Waals surface area contributed by atoms with Gasteiger partial charge in [0.15, 0.2) is 17.3 Å². The number of aromatic nitrogens is 5. The molecule has 0 radical (unpaired) electrons. The van der Waals surface area contributed by atoms with Crippen molar-refractivity contribution < 1.29 is 18.6 Å². The lowest BCUT2D eigenvalue weighted by molar-refractivity contribution is 0.306. The maximum absolute atomic E-state index is 13.5. The van der Waals surface area contributed by atoms with Crippen molar-refractivity contribution in [2.24, 2.45) is 0 Å². The van der Waals surface area contributed by atoms with Crippen molar-refractivity contribution in [2.45, 2.75) is 13.5 Å². The van der Waals surface area contributed by atoms with Gasteiger partial charge >= 0.3 is 0 Å². The Hall–Kier alpha value is -6.07. The molecule has 0 amide bonds. The molecule has 4 aromatic carbocycles. The van der Waals surface area contributed by atoms with Crippen LogP contribution in [0.3, 0.4) is 0 Å². The predicted octanol–water partition coefficient (Wildman–Crippen LogP) is 6.85. The molecule has 0 saturated heterocycles. The van der Waals surface area contributed by atoms with Crippen LogP contribution in [-0.2, 0) is 6.61 Å². The van der Waals surface area contributed by atoms with Crippen molar-refractivity contribution in [3.05, 3.63) is 146 Å². The normalized spacial score (nSPS) is 11.9. The van der Waals surface area contributed by atoms with Crippen LogP contribution in [-0.4, -0.2) is 38.1 Å². The van der Waals surface area contributed by atoms with Crippen molar-refractivity contribution in [1.82, 2.24) is 24.4 Å². The fourth-order valence-electron chi connectivity index (χ4n) is 5.20. The summed E-state index contributed by atoms with van der Waals surface area (Å²) in [6.45, 7) is 2.74. The van der Waals surface area contributed by atoms with Crippen molar-refractivity contribution in [3.63, 3.8) is 0 Å². The topological polar surface area (TPSA) is 92.8 Å². The van der Waals surface area contributed by atoms with Gasteiger partial charge in [0.25, 0.3) is 5.56 Å². The Kier molecular flexibility index (Phi) is 8.98. The average Bonchev–Trinajstić information content (AvgIpc) is 3.82. The number of hydrogen-bond donors (Lipinski definition) is 0. The molecule has 7 aromatic rings. The summed E-state index contributed by atoms with van der Waals surface area (Å²) in [5, 5.41) is 9.37. The van der Waals surface area contributed by atoms with Gasteiger partial charge in [-0.1, -0.05) is 65.9 Å². The van der Waals surface area contributed by atoms with E-state index in [0.29, 0.717) is 44.9 Å². The van der Waals surface area contributed by atoms with Gasteiger partial charge in [-0.3, -0.25) is 4.79 Å². The molecule has 11 heteroatoms. The summed E-state index contributed by atoms with van der Waals surface area (Å²) in [5.74, 6) is 2.05. The second kappa shape index (κ2) is 14.0. The van der Waals surface area contributed by atoms with E-state index in [9.17, 15) is 9.18 Å². The maximum atomic E-state index is 13.5. The number of rotatable bonds is 11. The minimum Gasteiger partial charge on any atom is -0.493 e. The summed E-state index contributed by atoms with van der Waals surface area (Å²) in [6, 6.07) is 29.2. The Morgan fingerprint density at radius 1 is 0.878 bits per heavy atom. The number of ether oxygens (including phenoxy) is 3. The van der Waals surface area contributed by atoms with Crippen LogP contribution in [0, 0.1) is 5.82 Å². The number of para-hydroxylation sites is 1. The highest BCUT2D eigenvalue weighted by Crippen LogP contribution is 2.30. The largest absolute Gasteiger partial charge is 0.493 e. The Bertz CT molecular complexity index is 2380. The molecule has 3 heterocycles. The van der Waals surface area contributed by atoms with Gasteiger partial charge in [0.2, 0.25) is 4.96 Å². The van der Waals surface area contributed by atoms with Gasteiger partial charge in [-0.05, 0) is 78.7 Å². The number of halogens is 1. The van der Waals surface area contributed by atoms with Crippen LogP contribution in [0.25, 0.3) is 40.1 Å². The van der Waals surface area contributed by atoms with Gasteiger partial charge in [-0.25, -0.2) is 9.07 Å². The van der Waals surface area contributed by atoms with Crippen LogP contribution < -0.4 is 24.3 Å². The van der Waals surface area contributed by atoms with Crippen LogP contribution in [0.15, 0.2) is 108 Å². The molecule has 9 nitrogen and oxygen atoms in total. The summed E-state index contributed by atoms with van der Waals surface area (Å²) in [6.07, 6.45) is 7.33. The molecule has 0 atom stereocenters. The van der Waals surface area contributed by atoms with Crippen molar-refractivity contribution in [1.29, 1.82) is 0 Å². The number of hydrogen-bond acceptors (Lipinski definition) is 8. The first kappa shape index (κ1) is 31.5. The van der Waals surface area contributed by atoms with Gasteiger partial charge in [0, 0.05) is 17.3 Å². The molecule has 7 rings (SSSR count). The Morgan fingerprint density at radius 3 is 2.49 bits per heavy atom. The number of benzene rings is 4. The lowest BCUT2D eigenvalue weighted by atomic mass is 10.1. The average molecular weight is 672 g/mol. The molecule has 0 spiro atoms. The van der Waals surface area contributed by atoms with E-state index >= 15 is 0 Å². The van der Waals surface area contributed by atoms with Crippen molar-refractivity contribution in [2.75, 3.05) is 13.7 Å². The van der Waals surface area contributed by atoms with Crippen LogP contribution in [0.1, 0.15) is 29.4 Å². The Morgan fingerprint density at radius 2 is 1.71 bits per heavy atom. The molecule has 0 aliphatic heterocycles. The van der Waals surface area contributed by atoms with E-state index < -0.39 is 0 Å². The maximum Gasteiger partial charge on any atom is 0.291 e. The van der Waals surface area contributed by atoms with Gasteiger partial charge in [-0.15, -0.1) is 5.10 Å². The van der Waals surface area contributed by atoms with E-state index in [0.717, 1.165) is 27.9 Å². The van der Waals surface area contributed by atoms with Gasteiger partial charge < -0.3 is 14.2 Å². The summed E-state index contributed by atoms with van der Waals surface area (Å²) < 4.78 is 34.0. The van der Waals surface area contributed by atoms with E-state index in [4.69, 9.17) is 19.3 Å². The zero-order valence-electron chi connectivity index (χ0n) is 26.6. The molecule has 0 saturated carbocycles. The molecule has 244 valence electrons. The Balaban J connectivity index is 1.20. The predicted molar refractivity (Wildman–Crippen MR) is 189 cm³/mol. The third kappa shape index (κ3) is 6.97. The second-order valence-corrected chi connectivity index (χ2v) is 11.9. The second-order valence-electron chi connectivity index (χ2n) is 10.9. The van der Waals surface area contributed by atoms with E-state index in [-0.39, 0.29) is 18.0 Å². The number of nitrogens with zero attached hydrogens (tertiary/aromatic N) is 5. The highest BCUT2D eigenvalue weighted by molar-refractivity contribution is 7.15. The molecule has 0 bridgehead atoms. The molecule has 49 heavy (non-hydrogen) atoms. The third-order valence-electron chi connectivity index (χ3n) is 7.59. The minimum absolute atomic E-state index is 0.273. The molecular weight excluding hydrogens is 642 g/mol. The van der Waals surface area contributed by atoms with E-state index in [1.807, 2.05) is 98.1 Å². The zero-order chi connectivity index (χ0) is 33.7. The first-order valence-corrected chi connectivity index (χ1v) is 16.3. The number of fused-ring (bicyclic) bond motifs is 1. The highest BCUT2D eigenvalue weighted by Gasteiger charge is 2.15. The van der Waals surface area contributed by atoms with Gasteiger partial charge in [-0.2, -0.15) is 14.6 Å². The fraction of sp³-hybridized carbons (Fsp3) is 0.105. The molecule has 0 fully saturated rings. The molecular formula is C38H30FN5O4S. The van der Waals surface area contributed by atoms with Gasteiger partial charge in [0.05, 0.1) is 23.9 Å². The Labute approximate surface area is 284 Å². The molecule has 0 aliphatic rings. The highest BCUT2D eigenvalue weighted by atomic mass is 32.1. The first-order valence-electron chi connectivity index (χ1n) is 15.5. The summed E-state index contributed by atoms with van der Waals surface area (Å²) in [7, 11) is 1.60. The summed E-state index contributed by atoms with van der Waals surface area (Å²) >= 11 is 1.26. The van der Waals surface area contributed by atoms with Crippen molar-refractivity contribution in [3.8, 4) is 34.2 Å². The zero-order valence-corrected chi connectivity index (χ0v) is 27.4. The van der Waals surface area contributed by atoms with E-state index in [2.05, 4.69) is 10.1 Å². The van der Waals surface area contributed by atoms with Crippen molar-refractivity contribution >= 4 is 34.5 Å². The molecule has 0 unspecified atom stereocenters. The standard InChI is InChI=1S/C38H30FN5O4S/c1-3-47-32-18-14-25(20-33(32)46-2)15-19-35-40-38-44(41-35)37(45)34(49-38)22-28-23-43(30-9-5-4-6-10-30)42-36(28)27-8-7-11-31(21-27)48-24-26-12-16-29(39)17-13-26/h4-23H,3,24H2,1-2H3/b19-15+,34-22-. The number of methoxy groups -OCH3 is 1. The van der Waals surface area contributed by atoms with Gasteiger partial charge in [0.1, 0.15) is 23.9 Å². The van der Waals surface area contributed by atoms with Crippen LogP contribution in [0.2, 0.25) is 0 Å². The van der Waals surface area contributed by atoms with E-state index in [1.54, 1.807) is 30.0 Å². The lowest BCUT2D eigenvalue weighted by Gasteiger charge is -2.09. The lowest BCUT2D eigenvalue weighted by Crippen LogP contribution is -2.23. The molecule has 3 aromatic heterocycles. The molecule has 0 N–H and O–H groups in total. The summed E-state index contributed by atoms with van der Waals surface area (Å²) in [5.41, 5.74) is 4.55. The van der Waals surface area contributed by atoms with E-state index in [1.165, 1.54) is 28.0 Å². The quantitative estimate of drug-likeness (QED) is 0.149. The number of thiazole rings is 1. The molecule has 0 aliphatic carbocycles. The smallest absolute Gasteiger partial charge is 0.291 e. The minimum atomic E-state index is -0.293. The fourth-order valence-corrected chi connectivity index (χ4v) is 6.11. The monoisotopic (exact) mass is 671 g/mol. The third-order valence-corrected chi connectivity index (χ3v) is 8.55. The SMILES string of the molecule is CCOc1ccc(/C=C/c2nc3s/c(=C\c4cn(-c5ccccc5)nc4-c4cccc(OCc5ccc(F)cc5)c4)c(=O)n3n2)cc1OC. The first-order chi connectivity index (χ1) is 24.0. The van der Waals surface area contributed by atoms with Crippen LogP contribution in [0.4, 0.5) is 4.39 Å².